The summed E-state index contributed by atoms with van der Waals surface area (Å²) >= 11 is 0. The Hall–Kier alpha value is 0.207. The maximum atomic E-state index is 9.44. The number of hydrogen-bond acceptors (Lipinski definition) is 3. The van der Waals surface area contributed by atoms with Crippen molar-refractivity contribution in [3.05, 3.63) is 12.0 Å². The van der Waals surface area contributed by atoms with Crippen LogP contribution in [0.15, 0.2) is 12.0 Å². The normalized spacial score (nSPS) is 9.79. The van der Waals surface area contributed by atoms with Gasteiger partial charge in [-0.1, -0.05) is 27.4 Å². The third kappa shape index (κ3) is 18.1. The van der Waals surface area contributed by atoms with E-state index in [0.29, 0.717) is 5.41 Å². The van der Waals surface area contributed by atoms with E-state index in [4.69, 9.17) is 4.55 Å². The van der Waals surface area contributed by atoms with Crippen LogP contribution in [0, 0.1) is 0 Å². The molecule has 82 valence electrons. The Morgan fingerprint density at radius 1 is 1.21 bits per heavy atom. The second kappa shape index (κ2) is 11.3. The molecule has 0 rings (SSSR count). The molecule has 0 aliphatic heterocycles. The SMILES string of the molecule is C=CS(=O)(=O)O.CCN(CC)CC.[LiH]. The summed E-state index contributed by atoms with van der Waals surface area (Å²) in [5.74, 6) is 0. The van der Waals surface area contributed by atoms with Crippen molar-refractivity contribution in [2.75, 3.05) is 19.6 Å². The van der Waals surface area contributed by atoms with Gasteiger partial charge in [0.1, 0.15) is 0 Å². The molecule has 0 atom stereocenters. The van der Waals surface area contributed by atoms with Gasteiger partial charge in [0.2, 0.25) is 0 Å². The maximum absolute atomic E-state index is 9.44. The Morgan fingerprint density at radius 3 is 1.43 bits per heavy atom. The first-order chi connectivity index (χ1) is 5.91. The van der Waals surface area contributed by atoms with E-state index in [-0.39, 0.29) is 18.9 Å². The molecule has 0 aromatic rings. The van der Waals surface area contributed by atoms with Crippen LogP contribution < -0.4 is 0 Å². The fourth-order valence-corrected chi connectivity index (χ4v) is 0.671. The van der Waals surface area contributed by atoms with E-state index in [1.807, 2.05) is 0 Å². The third-order valence-electron chi connectivity index (χ3n) is 1.55. The fraction of sp³-hybridized carbons (Fsp3) is 0.750. The molecule has 6 heteroatoms. The fourth-order valence-electron chi connectivity index (χ4n) is 0.671. The van der Waals surface area contributed by atoms with E-state index >= 15 is 0 Å². The first-order valence-electron chi connectivity index (χ1n) is 4.23. The molecule has 1 N–H and O–H groups in total. The molecule has 0 saturated heterocycles. The summed E-state index contributed by atoms with van der Waals surface area (Å²) in [6.07, 6.45) is 0. The van der Waals surface area contributed by atoms with Gasteiger partial charge in [0.25, 0.3) is 10.1 Å². The van der Waals surface area contributed by atoms with Crippen LogP contribution in [0.4, 0.5) is 0 Å². The van der Waals surface area contributed by atoms with E-state index in [1.165, 1.54) is 19.6 Å². The van der Waals surface area contributed by atoms with Gasteiger partial charge in [0.15, 0.2) is 0 Å². The molecule has 0 spiro atoms. The zero-order valence-electron chi connectivity index (χ0n) is 8.52. The van der Waals surface area contributed by atoms with Crippen LogP contribution in [0.1, 0.15) is 20.8 Å². The van der Waals surface area contributed by atoms with Gasteiger partial charge < -0.3 is 4.90 Å². The summed E-state index contributed by atoms with van der Waals surface area (Å²) in [4.78, 5) is 2.38. The van der Waals surface area contributed by atoms with E-state index in [9.17, 15) is 8.42 Å². The summed E-state index contributed by atoms with van der Waals surface area (Å²) in [5.41, 5.74) is 0. The summed E-state index contributed by atoms with van der Waals surface area (Å²) < 4.78 is 26.6. The Balaban J connectivity index is -0.000000163. The first kappa shape index (κ1) is 19.7. The van der Waals surface area contributed by atoms with Crippen molar-refractivity contribution in [2.45, 2.75) is 20.8 Å². The van der Waals surface area contributed by atoms with E-state index in [0.717, 1.165) is 0 Å². The minimum atomic E-state index is -3.90. The average molecular weight is 217 g/mol. The molecule has 0 aromatic heterocycles. The summed E-state index contributed by atoms with van der Waals surface area (Å²) in [5, 5.41) is 0.465. The van der Waals surface area contributed by atoms with Crippen molar-refractivity contribution < 1.29 is 13.0 Å². The standard InChI is InChI=1S/C6H15N.C2H4O3S.Li.H/c1-4-7(5-2)6-3;1-2-6(3,4)5;;/h4-6H2,1-3H3;2H,1H2,(H,3,4,5);;. The van der Waals surface area contributed by atoms with E-state index in [1.54, 1.807) is 0 Å². The quantitative estimate of drug-likeness (QED) is 0.557. The van der Waals surface area contributed by atoms with Crippen LogP contribution in [0.3, 0.4) is 0 Å². The van der Waals surface area contributed by atoms with Gasteiger partial charge in [-0.2, -0.15) is 8.42 Å². The van der Waals surface area contributed by atoms with Crippen molar-refractivity contribution in [2.24, 2.45) is 0 Å². The van der Waals surface area contributed by atoms with Gasteiger partial charge in [0.05, 0.1) is 5.41 Å². The molecule has 0 aliphatic rings. The monoisotopic (exact) mass is 217 g/mol. The molecule has 0 radical (unpaired) electrons. The number of hydrogen-bond donors (Lipinski definition) is 1. The van der Waals surface area contributed by atoms with Crippen LogP contribution in [0.2, 0.25) is 0 Å². The Morgan fingerprint density at radius 2 is 1.43 bits per heavy atom. The Kier molecular flexibility index (Phi) is 15.9. The second-order valence-electron chi connectivity index (χ2n) is 2.30. The van der Waals surface area contributed by atoms with Crippen LogP contribution in [0.25, 0.3) is 0 Å². The minimum absolute atomic E-state index is 0. The van der Waals surface area contributed by atoms with Gasteiger partial charge >= 0.3 is 18.9 Å². The topological polar surface area (TPSA) is 57.6 Å². The average Bonchev–Trinajstić information content (AvgIpc) is 2.07. The Bertz CT molecular complexity index is 196. The Labute approximate surface area is 99.3 Å². The number of nitrogens with zero attached hydrogens (tertiary/aromatic N) is 1. The van der Waals surface area contributed by atoms with Crippen LogP contribution in [-0.2, 0) is 10.1 Å². The van der Waals surface area contributed by atoms with Gasteiger partial charge in [-0.15, -0.1) is 0 Å². The summed E-state index contributed by atoms with van der Waals surface area (Å²) in [6, 6.07) is 0. The number of rotatable bonds is 4. The molecule has 0 saturated carbocycles. The summed E-state index contributed by atoms with van der Waals surface area (Å²) in [7, 11) is -3.90. The van der Waals surface area contributed by atoms with Crippen LogP contribution >= 0.6 is 0 Å². The van der Waals surface area contributed by atoms with Crippen molar-refractivity contribution in [1.29, 1.82) is 0 Å². The molecular formula is C8H20LiNO3S. The molecule has 0 fully saturated rings. The molecule has 0 aliphatic carbocycles. The predicted molar refractivity (Wildman–Crippen MR) is 62.4 cm³/mol. The predicted octanol–water partition coefficient (Wildman–Crippen LogP) is 0.717. The zero-order chi connectivity index (χ0) is 10.9. The molecule has 14 heavy (non-hydrogen) atoms. The molecular weight excluding hydrogens is 197 g/mol. The van der Waals surface area contributed by atoms with Crippen molar-refractivity contribution >= 4 is 29.0 Å². The molecule has 0 unspecified atom stereocenters. The van der Waals surface area contributed by atoms with E-state index in [2.05, 4.69) is 32.3 Å². The summed E-state index contributed by atoms with van der Waals surface area (Å²) in [6.45, 7) is 12.9. The molecule has 0 aromatic carbocycles. The molecule has 0 amide bonds. The third-order valence-corrected chi connectivity index (χ3v) is 1.97. The van der Waals surface area contributed by atoms with Gasteiger partial charge in [-0.25, -0.2) is 0 Å². The second-order valence-corrected chi connectivity index (χ2v) is 3.66. The zero-order valence-corrected chi connectivity index (χ0v) is 9.34. The molecule has 0 bridgehead atoms. The van der Waals surface area contributed by atoms with Crippen molar-refractivity contribution in [3.63, 3.8) is 0 Å². The van der Waals surface area contributed by atoms with Crippen LogP contribution in [-0.4, -0.2) is 56.4 Å². The van der Waals surface area contributed by atoms with Crippen LogP contribution in [0.5, 0.6) is 0 Å². The molecule has 4 nitrogen and oxygen atoms in total. The van der Waals surface area contributed by atoms with E-state index < -0.39 is 10.1 Å². The van der Waals surface area contributed by atoms with Crippen molar-refractivity contribution in [1.82, 2.24) is 4.90 Å². The van der Waals surface area contributed by atoms with Gasteiger partial charge in [-0.3, -0.25) is 4.55 Å². The van der Waals surface area contributed by atoms with Gasteiger partial charge in [-0.05, 0) is 19.6 Å². The van der Waals surface area contributed by atoms with Gasteiger partial charge in [0, 0.05) is 0 Å². The first-order valence-corrected chi connectivity index (χ1v) is 5.73. The van der Waals surface area contributed by atoms with Crippen molar-refractivity contribution in [3.8, 4) is 0 Å². The molecule has 0 heterocycles.